The van der Waals surface area contributed by atoms with Gasteiger partial charge in [0.25, 0.3) is 0 Å². The summed E-state index contributed by atoms with van der Waals surface area (Å²) in [5, 5.41) is 6.44. The molecule has 20 heavy (non-hydrogen) atoms. The van der Waals surface area contributed by atoms with Crippen LogP contribution in [0.4, 0.5) is 11.6 Å². The van der Waals surface area contributed by atoms with Gasteiger partial charge in [0, 0.05) is 12.7 Å². The quantitative estimate of drug-likeness (QED) is 0.806. The number of nitrogens with one attached hydrogen (secondary N) is 2. The molecular formula is C14H19N5O. The van der Waals surface area contributed by atoms with Gasteiger partial charge in [-0.15, -0.1) is 0 Å². The van der Waals surface area contributed by atoms with Gasteiger partial charge in [-0.1, -0.05) is 13.0 Å². The maximum absolute atomic E-state index is 5.39. The van der Waals surface area contributed by atoms with E-state index >= 15 is 0 Å². The summed E-state index contributed by atoms with van der Waals surface area (Å²) in [5.74, 6) is 1.98. The summed E-state index contributed by atoms with van der Waals surface area (Å²) >= 11 is 0. The van der Waals surface area contributed by atoms with E-state index in [9.17, 15) is 0 Å². The lowest BCUT2D eigenvalue weighted by atomic mass is 10.3. The molecule has 0 amide bonds. The second-order valence-electron chi connectivity index (χ2n) is 4.21. The molecule has 2 aromatic rings. The van der Waals surface area contributed by atoms with Crippen molar-refractivity contribution in [2.75, 3.05) is 24.3 Å². The number of anilines is 2. The van der Waals surface area contributed by atoms with Gasteiger partial charge in [0.1, 0.15) is 6.33 Å². The summed E-state index contributed by atoms with van der Waals surface area (Å²) in [4.78, 5) is 12.7. The van der Waals surface area contributed by atoms with E-state index in [1.54, 1.807) is 13.3 Å². The van der Waals surface area contributed by atoms with Crippen molar-refractivity contribution in [2.45, 2.75) is 19.9 Å². The molecule has 0 saturated heterocycles. The molecule has 2 N–H and O–H groups in total. The van der Waals surface area contributed by atoms with Gasteiger partial charge in [-0.2, -0.15) is 0 Å². The van der Waals surface area contributed by atoms with Gasteiger partial charge in [0.05, 0.1) is 19.3 Å². The summed E-state index contributed by atoms with van der Waals surface area (Å²) in [6.45, 7) is 3.52. The first-order chi connectivity index (χ1) is 9.85. The first kappa shape index (κ1) is 14.0. The zero-order valence-corrected chi connectivity index (χ0v) is 11.8. The van der Waals surface area contributed by atoms with Crippen LogP contribution in [0, 0.1) is 0 Å². The van der Waals surface area contributed by atoms with E-state index in [2.05, 4.69) is 32.5 Å². The van der Waals surface area contributed by atoms with Crippen LogP contribution in [0.15, 0.2) is 30.7 Å². The van der Waals surface area contributed by atoms with Crippen molar-refractivity contribution in [3.8, 4) is 5.75 Å². The Morgan fingerprint density at radius 3 is 2.55 bits per heavy atom. The van der Waals surface area contributed by atoms with Crippen LogP contribution in [0.3, 0.4) is 0 Å². The third kappa shape index (κ3) is 3.57. The fourth-order valence-corrected chi connectivity index (χ4v) is 1.74. The van der Waals surface area contributed by atoms with Crippen molar-refractivity contribution in [3.63, 3.8) is 0 Å². The fraction of sp³-hybridized carbons (Fsp3) is 0.357. The highest BCUT2D eigenvalue weighted by atomic mass is 16.5. The van der Waals surface area contributed by atoms with E-state index in [1.807, 2.05) is 18.2 Å². The Bertz CT molecular complexity index is 532. The van der Waals surface area contributed by atoms with Gasteiger partial charge in [-0.05, 0) is 18.6 Å². The maximum Gasteiger partial charge on any atom is 0.204 e. The molecule has 2 rings (SSSR count). The van der Waals surface area contributed by atoms with Crippen molar-refractivity contribution in [3.05, 3.63) is 36.4 Å². The molecule has 0 aliphatic carbocycles. The first-order valence-corrected chi connectivity index (χ1v) is 6.61. The Morgan fingerprint density at radius 1 is 1.10 bits per heavy atom. The molecule has 0 aromatic carbocycles. The normalized spacial score (nSPS) is 10.1. The average Bonchev–Trinajstić information content (AvgIpc) is 2.51. The molecule has 0 aliphatic rings. The summed E-state index contributed by atoms with van der Waals surface area (Å²) in [6, 6.07) is 5.80. The summed E-state index contributed by atoms with van der Waals surface area (Å²) in [7, 11) is 1.61. The van der Waals surface area contributed by atoms with E-state index in [1.165, 1.54) is 6.33 Å². The van der Waals surface area contributed by atoms with Crippen LogP contribution in [0.2, 0.25) is 0 Å². The minimum atomic E-state index is 0.585. The summed E-state index contributed by atoms with van der Waals surface area (Å²) in [5.41, 5.74) is 0.941. The highest BCUT2D eigenvalue weighted by Crippen LogP contribution is 2.28. The van der Waals surface area contributed by atoms with Crippen LogP contribution in [0.1, 0.15) is 19.0 Å². The molecule has 0 bridgehead atoms. The zero-order chi connectivity index (χ0) is 14.2. The molecule has 0 spiro atoms. The molecule has 2 heterocycles. The number of pyridine rings is 1. The van der Waals surface area contributed by atoms with Gasteiger partial charge >= 0.3 is 0 Å². The summed E-state index contributed by atoms with van der Waals surface area (Å²) < 4.78 is 5.39. The lowest BCUT2D eigenvalue weighted by molar-refractivity contribution is 0.414. The number of aromatic nitrogens is 3. The highest BCUT2D eigenvalue weighted by molar-refractivity contribution is 5.63. The van der Waals surface area contributed by atoms with E-state index in [-0.39, 0.29) is 0 Å². The van der Waals surface area contributed by atoms with Gasteiger partial charge in [-0.3, -0.25) is 4.98 Å². The average molecular weight is 273 g/mol. The van der Waals surface area contributed by atoms with Crippen molar-refractivity contribution >= 4 is 11.6 Å². The van der Waals surface area contributed by atoms with E-state index in [0.29, 0.717) is 23.9 Å². The lowest BCUT2D eigenvalue weighted by Crippen LogP contribution is -2.09. The molecule has 0 aliphatic heterocycles. The maximum atomic E-state index is 5.39. The lowest BCUT2D eigenvalue weighted by Gasteiger charge is -2.13. The van der Waals surface area contributed by atoms with Crippen LogP contribution < -0.4 is 15.4 Å². The minimum absolute atomic E-state index is 0.585. The van der Waals surface area contributed by atoms with Gasteiger partial charge in [-0.25, -0.2) is 9.97 Å². The Morgan fingerprint density at radius 2 is 1.90 bits per heavy atom. The van der Waals surface area contributed by atoms with E-state index in [0.717, 1.165) is 18.7 Å². The molecule has 0 atom stereocenters. The van der Waals surface area contributed by atoms with Crippen LogP contribution in [0.5, 0.6) is 5.75 Å². The number of hydrogen-bond acceptors (Lipinski definition) is 6. The second-order valence-corrected chi connectivity index (χ2v) is 4.21. The Balaban J connectivity index is 2.10. The topological polar surface area (TPSA) is 72.0 Å². The molecule has 6 nitrogen and oxygen atoms in total. The molecule has 0 unspecified atom stereocenters. The van der Waals surface area contributed by atoms with E-state index < -0.39 is 0 Å². The monoisotopic (exact) mass is 273 g/mol. The zero-order valence-electron chi connectivity index (χ0n) is 11.8. The Kier molecular flexibility index (Phi) is 5.11. The molecule has 0 radical (unpaired) electrons. The largest absolute Gasteiger partial charge is 0.490 e. The molecule has 2 aromatic heterocycles. The third-order valence-electron chi connectivity index (χ3n) is 2.71. The van der Waals surface area contributed by atoms with Crippen LogP contribution in [-0.4, -0.2) is 28.6 Å². The molecule has 0 fully saturated rings. The minimum Gasteiger partial charge on any atom is -0.490 e. The molecular weight excluding hydrogens is 254 g/mol. The standard InChI is InChI=1S/C14H19N5O/c1-3-7-16-13-12(20-2)14(19-10-18-13)17-9-11-6-4-5-8-15-11/h4-6,8,10H,3,7,9H2,1-2H3,(H2,16,17,18,19). The molecule has 0 saturated carbocycles. The van der Waals surface area contributed by atoms with Gasteiger partial charge < -0.3 is 15.4 Å². The molecule has 106 valence electrons. The summed E-state index contributed by atoms with van der Waals surface area (Å²) in [6.07, 6.45) is 4.30. The smallest absolute Gasteiger partial charge is 0.204 e. The van der Waals surface area contributed by atoms with Crippen molar-refractivity contribution in [2.24, 2.45) is 0 Å². The van der Waals surface area contributed by atoms with Crippen molar-refractivity contribution in [1.29, 1.82) is 0 Å². The predicted molar refractivity (Wildman–Crippen MR) is 78.9 cm³/mol. The van der Waals surface area contributed by atoms with Crippen LogP contribution in [0.25, 0.3) is 0 Å². The highest BCUT2D eigenvalue weighted by Gasteiger charge is 2.11. The number of methoxy groups -OCH3 is 1. The van der Waals surface area contributed by atoms with Crippen LogP contribution >= 0.6 is 0 Å². The van der Waals surface area contributed by atoms with Gasteiger partial charge in [0.2, 0.25) is 5.75 Å². The fourth-order valence-electron chi connectivity index (χ4n) is 1.74. The SMILES string of the molecule is CCCNc1ncnc(NCc2ccccn2)c1OC. The Labute approximate surface area is 118 Å². The third-order valence-corrected chi connectivity index (χ3v) is 2.71. The molecule has 6 heteroatoms. The first-order valence-electron chi connectivity index (χ1n) is 6.61. The Hall–Kier alpha value is -2.37. The van der Waals surface area contributed by atoms with Crippen molar-refractivity contribution in [1.82, 2.24) is 15.0 Å². The number of hydrogen-bond donors (Lipinski definition) is 2. The number of rotatable bonds is 7. The van der Waals surface area contributed by atoms with Crippen molar-refractivity contribution < 1.29 is 4.74 Å². The number of nitrogens with zero attached hydrogens (tertiary/aromatic N) is 3. The number of ether oxygens (including phenoxy) is 1. The van der Waals surface area contributed by atoms with Crippen LogP contribution in [-0.2, 0) is 6.54 Å². The van der Waals surface area contributed by atoms with Gasteiger partial charge in [0.15, 0.2) is 11.6 Å². The van der Waals surface area contributed by atoms with E-state index in [4.69, 9.17) is 4.74 Å². The second kappa shape index (κ2) is 7.28. The predicted octanol–water partition coefficient (Wildman–Crippen LogP) is 2.31.